The fraction of sp³-hybridized carbons (Fsp3) is 0.462. The average molecular weight is 275 g/mol. The zero-order valence-corrected chi connectivity index (χ0v) is 11.3. The summed E-state index contributed by atoms with van der Waals surface area (Å²) in [5.74, 6) is 0.717. The maximum atomic E-state index is 12.1. The van der Waals surface area contributed by atoms with E-state index in [2.05, 4.69) is 15.5 Å². The van der Waals surface area contributed by atoms with Crippen LogP contribution in [0.5, 0.6) is 0 Å². The number of hydrogen-bond donors (Lipinski definition) is 1. The molecule has 7 heteroatoms. The van der Waals surface area contributed by atoms with Gasteiger partial charge in [-0.05, 0) is 19.1 Å². The highest BCUT2D eigenvalue weighted by Gasteiger charge is 2.23. The predicted octanol–water partition coefficient (Wildman–Crippen LogP) is 0.660. The number of amides is 2. The van der Waals surface area contributed by atoms with Gasteiger partial charge in [0.05, 0.1) is 25.8 Å². The number of ether oxygens (including phenoxy) is 1. The van der Waals surface area contributed by atoms with Crippen LogP contribution in [0.1, 0.15) is 12.7 Å². The van der Waals surface area contributed by atoms with E-state index < -0.39 is 0 Å². The van der Waals surface area contributed by atoms with Crippen LogP contribution in [0.4, 0.5) is 4.79 Å². The van der Waals surface area contributed by atoms with Gasteiger partial charge < -0.3 is 15.0 Å². The summed E-state index contributed by atoms with van der Waals surface area (Å²) in [5, 5.41) is 11.0. The Labute approximate surface area is 116 Å². The highest BCUT2D eigenvalue weighted by atomic mass is 16.5. The fourth-order valence-corrected chi connectivity index (χ4v) is 2.30. The smallest absolute Gasteiger partial charge is 0.318 e. The molecule has 1 fully saturated rings. The Kier molecular flexibility index (Phi) is 3.51. The van der Waals surface area contributed by atoms with E-state index in [0.717, 1.165) is 11.5 Å². The molecule has 0 aromatic carbocycles. The van der Waals surface area contributed by atoms with Crippen molar-refractivity contribution in [1.82, 2.24) is 24.8 Å². The molecule has 0 radical (unpaired) electrons. The van der Waals surface area contributed by atoms with Crippen molar-refractivity contribution in [2.75, 3.05) is 19.8 Å². The monoisotopic (exact) mass is 275 g/mol. The third-order valence-electron chi connectivity index (χ3n) is 3.41. The third kappa shape index (κ3) is 2.44. The maximum absolute atomic E-state index is 12.1. The van der Waals surface area contributed by atoms with Crippen molar-refractivity contribution in [2.45, 2.75) is 19.5 Å². The molecule has 2 aromatic rings. The minimum absolute atomic E-state index is 0.0894. The Bertz CT molecular complexity index is 612. The molecule has 0 aliphatic carbocycles. The number of fused-ring (bicyclic) bond motifs is 1. The van der Waals surface area contributed by atoms with Crippen LogP contribution in [-0.4, -0.2) is 51.3 Å². The number of pyridine rings is 1. The standard InChI is InChI=1S/C13H17N5O2/c1-10-9-20-7-6-17(10)13(19)14-8-12-16-15-11-4-2-3-5-18(11)12/h2-5,10H,6-9H2,1H3,(H,14,19)/t10-/m1/s1. The van der Waals surface area contributed by atoms with Crippen LogP contribution < -0.4 is 5.32 Å². The quantitative estimate of drug-likeness (QED) is 0.874. The summed E-state index contributed by atoms with van der Waals surface area (Å²) < 4.78 is 7.19. The van der Waals surface area contributed by atoms with E-state index in [1.54, 1.807) is 4.90 Å². The first kappa shape index (κ1) is 12.9. The number of morpholine rings is 1. The highest BCUT2D eigenvalue weighted by molar-refractivity contribution is 5.74. The molecule has 0 bridgehead atoms. The van der Waals surface area contributed by atoms with Gasteiger partial charge in [0.2, 0.25) is 0 Å². The van der Waals surface area contributed by atoms with Gasteiger partial charge in [0.1, 0.15) is 0 Å². The molecule has 3 rings (SSSR count). The molecule has 1 saturated heterocycles. The topological polar surface area (TPSA) is 71.8 Å². The molecule has 0 spiro atoms. The molecule has 20 heavy (non-hydrogen) atoms. The number of carbonyl (C=O) groups excluding carboxylic acids is 1. The van der Waals surface area contributed by atoms with Gasteiger partial charge in [-0.15, -0.1) is 10.2 Å². The zero-order chi connectivity index (χ0) is 13.9. The molecule has 1 aliphatic rings. The lowest BCUT2D eigenvalue weighted by Crippen LogP contribution is -2.51. The molecule has 2 amide bonds. The SMILES string of the molecule is C[C@@H]1COCCN1C(=O)NCc1nnc2ccccn12. The Morgan fingerprint density at radius 2 is 2.40 bits per heavy atom. The molecule has 106 valence electrons. The first-order valence-corrected chi connectivity index (χ1v) is 6.66. The first-order valence-electron chi connectivity index (χ1n) is 6.66. The van der Waals surface area contributed by atoms with Crippen molar-refractivity contribution in [3.63, 3.8) is 0 Å². The highest BCUT2D eigenvalue weighted by Crippen LogP contribution is 2.07. The van der Waals surface area contributed by atoms with Gasteiger partial charge in [-0.25, -0.2) is 4.79 Å². The minimum Gasteiger partial charge on any atom is -0.377 e. The van der Waals surface area contributed by atoms with Crippen LogP contribution in [0, 0.1) is 0 Å². The van der Waals surface area contributed by atoms with Crippen molar-refractivity contribution in [3.8, 4) is 0 Å². The predicted molar refractivity (Wildman–Crippen MR) is 72.2 cm³/mol. The third-order valence-corrected chi connectivity index (χ3v) is 3.41. The second-order valence-corrected chi connectivity index (χ2v) is 4.82. The van der Waals surface area contributed by atoms with E-state index in [9.17, 15) is 4.79 Å². The van der Waals surface area contributed by atoms with E-state index in [1.165, 1.54) is 0 Å². The van der Waals surface area contributed by atoms with Crippen molar-refractivity contribution in [2.24, 2.45) is 0 Å². The largest absolute Gasteiger partial charge is 0.377 e. The first-order chi connectivity index (χ1) is 9.75. The van der Waals surface area contributed by atoms with Gasteiger partial charge in [-0.1, -0.05) is 6.07 Å². The van der Waals surface area contributed by atoms with Crippen molar-refractivity contribution < 1.29 is 9.53 Å². The molecule has 7 nitrogen and oxygen atoms in total. The summed E-state index contributed by atoms with van der Waals surface area (Å²) in [7, 11) is 0. The van der Waals surface area contributed by atoms with Crippen LogP contribution >= 0.6 is 0 Å². The van der Waals surface area contributed by atoms with E-state index in [4.69, 9.17) is 4.74 Å². The molecule has 1 N–H and O–H groups in total. The van der Waals surface area contributed by atoms with Crippen LogP contribution in [0.3, 0.4) is 0 Å². The normalized spacial score (nSPS) is 19.2. The summed E-state index contributed by atoms with van der Waals surface area (Å²) in [4.78, 5) is 13.9. The van der Waals surface area contributed by atoms with Crippen LogP contribution in [0.2, 0.25) is 0 Å². The van der Waals surface area contributed by atoms with Crippen molar-refractivity contribution in [3.05, 3.63) is 30.2 Å². The summed E-state index contributed by atoms with van der Waals surface area (Å²) in [5.41, 5.74) is 0.775. The Balaban J connectivity index is 1.65. The van der Waals surface area contributed by atoms with E-state index in [1.807, 2.05) is 35.7 Å². The number of nitrogens with one attached hydrogen (secondary N) is 1. The van der Waals surface area contributed by atoms with Gasteiger partial charge >= 0.3 is 6.03 Å². The second kappa shape index (κ2) is 5.46. The van der Waals surface area contributed by atoms with E-state index >= 15 is 0 Å². The number of hydrogen-bond acceptors (Lipinski definition) is 4. The molecule has 1 atom stereocenters. The van der Waals surface area contributed by atoms with Crippen LogP contribution in [-0.2, 0) is 11.3 Å². The Hall–Kier alpha value is -2.15. The van der Waals surface area contributed by atoms with Crippen LogP contribution in [0.25, 0.3) is 5.65 Å². The number of urea groups is 1. The Morgan fingerprint density at radius 3 is 3.25 bits per heavy atom. The molecule has 3 heterocycles. The number of carbonyl (C=O) groups is 1. The minimum atomic E-state index is -0.0894. The van der Waals surface area contributed by atoms with Gasteiger partial charge in [0, 0.05) is 12.7 Å². The zero-order valence-electron chi connectivity index (χ0n) is 11.3. The maximum Gasteiger partial charge on any atom is 0.318 e. The molecule has 1 aliphatic heterocycles. The van der Waals surface area contributed by atoms with Gasteiger partial charge in [-0.2, -0.15) is 0 Å². The number of rotatable bonds is 2. The van der Waals surface area contributed by atoms with Crippen LogP contribution in [0.15, 0.2) is 24.4 Å². The molecule has 2 aromatic heterocycles. The van der Waals surface area contributed by atoms with E-state index in [0.29, 0.717) is 26.3 Å². The van der Waals surface area contributed by atoms with Gasteiger partial charge in [0.15, 0.2) is 11.5 Å². The number of nitrogens with zero attached hydrogens (tertiary/aromatic N) is 4. The molecule has 0 saturated carbocycles. The fourth-order valence-electron chi connectivity index (χ4n) is 2.30. The summed E-state index contributed by atoms with van der Waals surface area (Å²) in [6, 6.07) is 5.70. The molecule has 0 unspecified atom stereocenters. The van der Waals surface area contributed by atoms with E-state index in [-0.39, 0.29) is 12.1 Å². The lowest BCUT2D eigenvalue weighted by Gasteiger charge is -2.33. The summed E-state index contributed by atoms with van der Waals surface area (Å²) in [6.45, 7) is 4.12. The van der Waals surface area contributed by atoms with Crippen molar-refractivity contribution >= 4 is 11.7 Å². The Morgan fingerprint density at radius 1 is 1.50 bits per heavy atom. The summed E-state index contributed by atoms with van der Waals surface area (Å²) in [6.07, 6.45) is 1.88. The number of aromatic nitrogens is 3. The lowest BCUT2D eigenvalue weighted by molar-refractivity contribution is 0.0189. The van der Waals surface area contributed by atoms with Gasteiger partial charge in [0.25, 0.3) is 0 Å². The molecular formula is C13H17N5O2. The summed E-state index contributed by atoms with van der Waals surface area (Å²) >= 11 is 0. The lowest BCUT2D eigenvalue weighted by atomic mass is 10.3. The second-order valence-electron chi connectivity index (χ2n) is 4.82. The average Bonchev–Trinajstić information content (AvgIpc) is 2.88. The molecular weight excluding hydrogens is 258 g/mol. The van der Waals surface area contributed by atoms with Crippen molar-refractivity contribution in [1.29, 1.82) is 0 Å². The van der Waals surface area contributed by atoms with Gasteiger partial charge in [-0.3, -0.25) is 4.40 Å².